The van der Waals surface area contributed by atoms with Gasteiger partial charge in [-0.15, -0.1) is 0 Å². The topological polar surface area (TPSA) is 184 Å². The lowest BCUT2D eigenvalue weighted by Gasteiger charge is -2.45. The lowest BCUT2D eigenvalue weighted by Crippen LogP contribution is -2.68. The van der Waals surface area contributed by atoms with Crippen LogP contribution in [0.5, 0.6) is 0 Å². The molecule has 234 valence electrons. The third kappa shape index (κ3) is 11.9. The second-order valence-electron chi connectivity index (χ2n) is 12.6. The van der Waals surface area contributed by atoms with E-state index >= 15 is 0 Å². The molecule has 1 aromatic rings. The molecule has 0 saturated carbocycles. The first-order valence-electron chi connectivity index (χ1n) is 13.9. The zero-order chi connectivity index (χ0) is 31.7. The van der Waals surface area contributed by atoms with Gasteiger partial charge in [0.1, 0.15) is 17.2 Å². The Hall–Kier alpha value is -3.36. The summed E-state index contributed by atoms with van der Waals surface area (Å²) in [6.45, 7) is 9.42. The third-order valence-electron chi connectivity index (χ3n) is 6.26. The summed E-state index contributed by atoms with van der Waals surface area (Å²) >= 11 is 0. The monoisotopic (exact) mass is 593 g/mol. The van der Waals surface area contributed by atoms with Crippen molar-refractivity contribution in [1.29, 1.82) is 0 Å². The number of hydrogen-bond donors (Lipinski definition) is 5. The van der Waals surface area contributed by atoms with E-state index in [0.717, 1.165) is 5.56 Å². The highest BCUT2D eigenvalue weighted by molar-refractivity contribution is 6.40. The molecule has 2 rings (SSSR count). The van der Waals surface area contributed by atoms with Crippen LogP contribution in [-0.4, -0.2) is 93.7 Å². The number of ether oxygens (including phenoxy) is 3. The number of carboxylic acid groups (broad SMARTS) is 1. The smallest absolute Gasteiger partial charge is 0.451 e. The van der Waals surface area contributed by atoms with Crippen molar-refractivity contribution in [2.45, 2.75) is 90.1 Å². The van der Waals surface area contributed by atoms with Crippen LogP contribution in [0.1, 0.15) is 59.9 Å². The quantitative estimate of drug-likeness (QED) is 0.238. The third-order valence-corrected chi connectivity index (χ3v) is 6.26. The Kier molecular flexibility index (Phi) is 12.2. The number of carbonyl (C=O) groups is 4. The van der Waals surface area contributed by atoms with Gasteiger partial charge in [0.05, 0.1) is 19.8 Å². The van der Waals surface area contributed by atoms with Gasteiger partial charge in [0.25, 0.3) is 0 Å². The highest BCUT2D eigenvalue weighted by Crippen LogP contribution is 2.31. The largest absolute Gasteiger partial charge is 0.479 e. The molecule has 5 N–H and O–H groups in total. The van der Waals surface area contributed by atoms with E-state index in [2.05, 4.69) is 10.6 Å². The van der Waals surface area contributed by atoms with E-state index in [4.69, 9.17) is 14.2 Å². The number of amides is 3. The predicted octanol–water partition coefficient (Wildman–Crippen LogP) is 2.16. The summed E-state index contributed by atoms with van der Waals surface area (Å²) in [7, 11) is -1.64. The van der Waals surface area contributed by atoms with Gasteiger partial charge in [-0.3, -0.25) is 4.79 Å². The number of likely N-dealkylation sites (tertiary alicyclic amines) is 1. The summed E-state index contributed by atoms with van der Waals surface area (Å²) in [5.74, 6) is -2.58. The first-order valence-corrected chi connectivity index (χ1v) is 13.9. The number of carboxylic acids is 1. The fourth-order valence-corrected chi connectivity index (χ4v) is 4.58. The van der Waals surface area contributed by atoms with E-state index in [9.17, 15) is 34.3 Å². The van der Waals surface area contributed by atoms with Crippen molar-refractivity contribution < 1.29 is 48.5 Å². The van der Waals surface area contributed by atoms with Gasteiger partial charge in [-0.05, 0) is 65.8 Å². The average molecular weight is 593 g/mol. The maximum absolute atomic E-state index is 13.9. The highest BCUT2D eigenvalue weighted by atomic mass is 16.6. The van der Waals surface area contributed by atoms with E-state index in [1.165, 1.54) is 4.90 Å². The molecule has 0 spiro atoms. The minimum atomic E-state index is -1.94. The minimum Gasteiger partial charge on any atom is -0.479 e. The summed E-state index contributed by atoms with van der Waals surface area (Å²) in [5.41, 5.74) is -2.86. The molecule has 0 bridgehead atoms. The van der Waals surface area contributed by atoms with Crippen LogP contribution in [0.25, 0.3) is 0 Å². The van der Waals surface area contributed by atoms with E-state index in [1.54, 1.807) is 41.5 Å². The van der Waals surface area contributed by atoms with Crippen LogP contribution in [0.4, 0.5) is 9.59 Å². The van der Waals surface area contributed by atoms with Gasteiger partial charge in [0.2, 0.25) is 5.91 Å². The molecule has 1 unspecified atom stereocenters. The molecule has 1 fully saturated rings. The maximum Gasteiger partial charge on any atom is 0.451 e. The van der Waals surface area contributed by atoms with E-state index < -0.39 is 66.4 Å². The summed E-state index contributed by atoms with van der Waals surface area (Å²) in [6, 6.07) is 7.95. The van der Waals surface area contributed by atoms with Gasteiger partial charge >= 0.3 is 25.3 Å². The maximum atomic E-state index is 13.9. The Labute approximate surface area is 247 Å². The number of piperidine rings is 1. The van der Waals surface area contributed by atoms with Crippen LogP contribution in [0.15, 0.2) is 30.3 Å². The number of nitrogens with one attached hydrogen (secondary N) is 2. The van der Waals surface area contributed by atoms with Gasteiger partial charge in [0, 0.05) is 6.54 Å². The van der Waals surface area contributed by atoms with Crippen molar-refractivity contribution >= 4 is 31.2 Å². The molecule has 1 heterocycles. The first-order chi connectivity index (χ1) is 19.4. The van der Waals surface area contributed by atoms with Crippen molar-refractivity contribution in [3.8, 4) is 0 Å². The van der Waals surface area contributed by atoms with Crippen molar-refractivity contribution in [2.24, 2.45) is 5.92 Å². The summed E-state index contributed by atoms with van der Waals surface area (Å²) in [4.78, 5) is 53.1. The van der Waals surface area contributed by atoms with Gasteiger partial charge in [0.15, 0.2) is 5.54 Å². The molecule has 1 saturated heterocycles. The minimum absolute atomic E-state index is 0.0434. The Balaban J connectivity index is 2.35. The van der Waals surface area contributed by atoms with E-state index in [0.29, 0.717) is 0 Å². The van der Waals surface area contributed by atoms with E-state index in [1.807, 2.05) is 30.3 Å². The zero-order valence-corrected chi connectivity index (χ0v) is 25.2. The van der Waals surface area contributed by atoms with Crippen LogP contribution in [-0.2, 0) is 30.4 Å². The predicted molar refractivity (Wildman–Crippen MR) is 153 cm³/mol. The zero-order valence-electron chi connectivity index (χ0n) is 25.2. The Morgan fingerprint density at radius 1 is 1.02 bits per heavy atom. The highest BCUT2D eigenvalue weighted by Gasteiger charge is 2.50. The normalized spacial score (nSPS) is 19.8. The lowest BCUT2D eigenvalue weighted by molar-refractivity contribution is -0.152. The molecule has 13 nitrogen and oxygen atoms in total. The second-order valence-corrected chi connectivity index (χ2v) is 12.6. The molecule has 14 heteroatoms. The molecule has 1 aliphatic heterocycles. The van der Waals surface area contributed by atoms with Crippen molar-refractivity contribution in [3.63, 3.8) is 0 Å². The van der Waals surface area contributed by atoms with Crippen LogP contribution in [0, 0.1) is 5.92 Å². The number of carbonyl (C=O) groups excluding carboxylic acids is 3. The van der Waals surface area contributed by atoms with Crippen LogP contribution < -0.4 is 10.6 Å². The molecule has 0 aliphatic carbocycles. The van der Waals surface area contributed by atoms with Gasteiger partial charge in [-0.1, -0.05) is 36.8 Å². The van der Waals surface area contributed by atoms with E-state index in [-0.39, 0.29) is 38.9 Å². The number of rotatable bonds is 11. The standard InChI is InChI=1S/C28H44BN3O10/c1-26(2,3)41-24(36)30-21(17-40-16-19-10-8-7-9-11-19)22(33)32-15-20(12-13-29(38)39)14-28(18-32,23(34)35)31-25(37)42-27(4,5)6/h7-11,20-21,38-39H,12-18H2,1-6H3,(H,30,36)(H,31,37)(H,34,35)/t20-,21?,28+/m0/s1. The average Bonchev–Trinajstić information content (AvgIpc) is 2.84. The van der Waals surface area contributed by atoms with Gasteiger partial charge in [-0.25, -0.2) is 14.4 Å². The van der Waals surface area contributed by atoms with Crippen molar-refractivity contribution in [3.05, 3.63) is 35.9 Å². The number of nitrogens with zero attached hydrogens (tertiary/aromatic N) is 1. The van der Waals surface area contributed by atoms with Crippen LogP contribution in [0.2, 0.25) is 6.32 Å². The molecule has 3 atom stereocenters. The number of aliphatic carboxylic acids is 1. The lowest BCUT2D eigenvalue weighted by atomic mass is 9.75. The molecule has 0 radical (unpaired) electrons. The number of benzene rings is 1. The molecular formula is C28H44BN3O10. The molecule has 42 heavy (non-hydrogen) atoms. The van der Waals surface area contributed by atoms with Crippen molar-refractivity contribution in [2.75, 3.05) is 19.7 Å². The number of alkyl carbamates (subject to hydrolysis) is 2. The molecule has 0 aromatic heterocycles. The summed E-state index contributed by atoms with van der Waals surface area (Å²) < 4.78 is 16.4. The fourth-order valence-electron chi connectivity index (χ4n) is 4.58. The SMILES string of the molecule is CC(C)(C)OC(=O)NC(COCc1ccccc1)C(=O)N1C[C@@H](CCB(O)O)C[C@](NC(=O)OC(C)(C)C)(C(=O)O)C1. The van der Waals surface area contributed by atoms with Gasteiger partial charge < -0.3 is 44.9 Å². The van der Waals surface area contributed by atoms with Crippen LogP contribution >= 0.6 is 0 Å². The first kappa shape index (κ1) is 34.8. The summed E-state index contributed by atoms with van der Waals surface area (Å²) in [5, 5.41) is 34.1. The Morgan fingerprint density at radius 3 is 2.17 bits per heavy atom. The molecular weight excluding hydrogens is 549 g/mol. The molecule has 3 amide bonds. The summed E-state index contributed by atoms with van der Waals surface area (Å²) in [6.07, 6.45) is -1.85. The Morgan fingerprint density at radius 2 is 1.62 bits per heavy atom. The fraction of sp³-hybridized carbons (Fsp3) is 0.643. The van der Waals surface area contributed by atoms with Crippen LogP contribution in [0.3, 0.4) is 0 Å². The molecule has 1 aromatic carbocycles. The van der Waals surface area contributed by atoms with Gasteiger partial charge in [-0.2, -0.15) is 0 Å². The Bertz CT molecular complexity index is 1070. The second kappa shape index (κ2) is 14.7. The number of hydrogen-bond acceptors (Lipinski definition) is 9. The molecule has 1 aliphatic rings. The van der Waals surface area contributed by atoms with Crippen molar-refractivity contribution in [1.82, 2.24) is 15.5 Å².